The number of carbonyl (C=O) groups is 1. The molecular formula is C12H22O2. The van der Waals surface area contributed by atoms with Gasteiger partial charge in [0.25, 0.3) is 0 Å². The van der Waals surface area contributed by atoms with Gasteiger partial charge in [-0.3, -0.25) is 4.79 Å². The first-order chi connectivity index (χ1) is 6.79. The molecule has 1 saturated carbocycles. The number of carbonyl (C=O) groups excluding carboxylic acids is 1. The minimum Gasteiger partial charge on any atom is -0.384 e. The predicted octanol–water partition coefficient (Wildman–Crippen LogP) is 2.81. The van der Waals surface area contributed by atoms with Crippen molar-refractivity contribution < 1.29 is 9.53 Å². The van der Waals surface area contributed by atoms with Gasteiger partial charge >= 0.3 is 0 Å². The van der Waals surface area contributed by atoms with Crippen LogP contribution in [0.5, 0.6) is 0 Å². The third-order valence-corrected chi connectivity index (χ3v) is 3.40. The Labute approximate surface area is 87.0 Å². The average molecular weight is 198 g/mol. The maximum Gasteiger partial charge on any atom is 0.138 e. The summed E-state index contributed by atoms with van der Waals surface area (Å²) in [7, 11) is 1.66. The zero-order valence-electron chi connectivity index (χ0n) is 9.42. The van der Waals surface area contributed by atoms with Crippen molar-refractivity contribution >= 4 is 5.78 Å². The summed E-state index contributed by atoms with van der Waals surface area (Å²) in [5, 5.41) is 0. The minimum absolute atomic E-state index is 0.337. The fraction of sp³-hybridized carbons (Fsp3) is 0.917. The Morgan fingerprint density at radius 3 is 2.71 bits per heavy atom. The summed E-state index contributed by atoms with van der Waals surface area (Å²) >= 11 is 0. The van der Waals surface area contributed by atoms with Gasteiger partial charge in [-0.25, -0.2) is 0 Å². The van der Waals surface area contributed by atoms with Crippen LogP contribution in [0.2, 0.25) is 0 Å². The summed E-state index contributed by atoms with van der Waals surface area (Å²) in [6.45, 7) is 2.79. The molecule has 2 atom stereocenters. The van der Waals surface area contributed by atoms with Gasteiger partial charge in [-0.1, -0.05) is 26.2 Å². The van der Waals surface area contributed by atoms with E-state index in [1.54, 1.807) is 7.11 Å². The molecular weight excluding hydrogens is 176 g/mol. The first kappa shape index (κ1) is 11.7. The second kappa shape index (κ2) is 6.18. The van der Waals surface area contributed by atoms with E-state index in [0.29, 0.717) is 30.6 Å². The Balaban J connectivity index is 2.41. The molecule has 0 N–H and O–H groups in total. The lowest BCUT2D eigenvalue weighted by Crippen LogP contribution is -2.27. The number of hydrogen-bond donors (Lipinski definition) is 0. The minimum atomic E-state index is 0.337. The standard InChI is InChI=1S/C12H22O2/c1-3-10-6-4-5-7-11(10)12(13)8-9-14-2/h10-11H,3-9H2,1-2H3. The van der Waals surface area contributed by atoms with Crippen molar-refractivity contribution in [3.05, 3.63) is 0 Å². The van der Waals surface area contributed by atoms with Crippen molar-refractivity contribution in [2.24, 2.45) is 11.8 Å². The normalized spacial score (nSPS) is 27.6. The van der Waals surface area contributed by atoms with E-state index in [1.807, 2.05) is 0 Å². The lowest BCUT2D eigenvalue weighted by Gasteiger charge is -2.29. The van der Waals surface area contributed by atoms with Crippen LogP contribution >= 0.6 is 0 Å². The molecule has 0 saturated heterocycles. The molecule has 82 valence electrons. The van der Waals surface area contributed by atoms with E-state index in [0.717, 1.165) is 12.8 Å². The molecule has 0 aromatic rings. The van der Waals surface area contributed by atoms with Crippen LogP contribution in [0.25, 0.3) is 0 Å². The summed E-state index contributed by atoms with van der Waals surface area (Å²) in [6.07, 6.45) is 6.68. The Morgan fingerprint density at radius 2 is 2.07 bits per heavy atom. The van der Waals surface area contributed by atoms with E-state index in [9.17, 15) is 4.79 Å². The van der Waals surface area contributed by atoms with Crippen LogP contribution in [0, 0.1) is 11.8 Å². The topological polar surface area (TPSA) is 26.3 Å². The van der Waals surface area contributed by atoms with Crippen molar-refractivity contribution in [3.63, 3.8) is 0 Å². The molecule has 14 heavy (non-hydrogen) atoms. The monoisotopic (exact) mass is 198 g/mol. The Morgan fingerprint density at radius 1 is 1.36 bits per heavy atom. The molecule has 2 nitrogen and oxygen atoms in total. The van der Waals surface area contributed by atoms with E-state index in [-0.39, 0.29) is 0 Å². The first-order valence-electron chi connectivity index (χ1n) is 5.81. The quantitative estimate of drug-likeness (QED) is 0.679. The first-order valence-corrected chi connectivity index (χ1v) is 5.81. The van der Waals surface area contributed by atoms with Crippen LogP contribution in [0.1, 0.15) is 45.4 Å². The van der Waals surface area contributed by atoms with Crippen LogP contribution in [-0.2, 0) is 9.53 Å². The Bertz CT molecular complexity index is 177. The highest BCUT2D eigenvalue weighted by atomic mass is 16.5. The fourth-order valence-corrected chi connectivity index (χ4v) is 2.51. The van der Waals surface area contributed by atoms with Crippen molar-refractivity contribution in [2.75, 3.05) is 13.7 Å². The van der Waals surface area contributed by atoms with E-state index in [1.165, 1.54) is 19.3 Å². The summed E-state index contributed by atoms with van der Waals surface area (Å²) < 4.78 is 4.95. The number of rotatable bonds is 5. The van der Waals surface area contributed by atoms with Gasteiger partial charge in [0.2, 0.25) is 0 Å². The van der Waals surface area contributed by atoms with Gasteiger partial charge in [0, 0.05) is 19.4 Å². The second-order valence-corrected chi connectivity index (χ2v) is 4.27. The number of ketones is 1. The molecule has 2 unspecified atom stereocenters. The third kappa shape index (κ3) is 3.09. The van der Waals surface area contributed by atoms with Crippen molar-refractivity contribution in [1.29, 1.82) is 0 Å². The molecule has 0 bridgehead atoms. The fourth-order valence-electron chi connectivity index (χ4n) is 2.51. The predicted molar refractivity (Wildman–Crippen MR) is 57.2 cm³/mol. The van der Waals surface area contributed by atoms with Gasteiger partial charge < -0.3 is 4.74 Å². The Kier molecular flexibility index (Phi) is 5.16. The molecule has 1 fully saturated rings. The molecule has 0 amide bonds. The molecule has 1 aliphatic carbocycles. The molecule has 1 rings (SSSR count). The lowest BCUT2D eigenvalue weighted by molar-refractivity contribution is -0.126. The van der Waals surface area contributed by atoms with Gasteiger partial charge in [-0.15, -0.1) is 0 Å². The van der Waals surface area contributed by atoms with Gasteiger partial charge in [0.05, 0.1) is 6.61 Å². The highest BCUT2D eigenvalue weighted by Gasteiger charge is 2.28. The second-order valence-electron chi connectivity index (χ2n) is 4.27. The van der Waals surface area contributed by atoms with Crippen molar-refractivity contribution in [3.8, 4) is 0 Å². The zero-order chi connectivity index (χ0) is 10.4. The van der Waals surface area contributed by atoms with Crippen molar-refractivity contribution in [1.82, 2.24) is 0 Å². The average Bonchev–Trinajstić information content (AvgIpc) is 2.25. The molecule has 0 aromatic carbocycles. The van der Waals surface area contributed by atoms with Crippen molar-refractivity contribution in [2.45, 2.75) is 45.4 Å². The van der Waals surface area contributed by atoms with Gasteiger partial charge in [-0.2, -0.15) is 0 Å². The van der Waals surface area contributed by atoms with Gasteiger partial charge in [-0.05, 0) is 18.8 Å². The largest absolute Gasteiger partial charge is 0.384 e. The van der Waals surface area contributed by atoms with E-state index in [4.69, 9.17) is 4.74 Å². The zero-order valence-corrected chi connectivity index (χ0v) is 9.42. The maximum atomic E-state index is 11.8. The summed E-state index contributed by atoms with van der Waals surface area (Å²) in [6, 6.07) is 0. The lowest BCUT2D eigenvalue weighted by atomic mass is 9.75. The molecule has 2 heteroatoms. The molecule has 0 radical (unpaired) electrons. The van der Waals surface area contributed by atoms with Gasteiger partial charge in [0.15, 0.2) is 0 Å². The Hall–Kier alpha value is -0.370. The molecule has 0 heterocycles. The van der Waals surface area contributed by atoms with E-state index in [2.05, 4.69) is 6.92 Å². The summed E-state index contributed by atoms with van der Waals surface area (Å²) in [5.41, 5.74) is 0. The third-order valence-electron chi connectivity index (χ3n) is 3.40. The van der Waals surface area contributed by atoms with Gasteiger partial charge in [0.1, 0.15) is 5.78 Å². The van der Waals surface area contributed by atoms with Crippen LogP contribution in [0.3, 0.4) is 0 Å². The smallest absolute Gasteiger partial charge is 0.138 e. The molecule has 0 spiro atoms. The number of ether oxygens (including phenoxy) is 1. The summed E-state index contributed by atoms with van der Waals surface area (Å²) in [5.74, 6) is 1.41. The van der Waals surface area contributed by atoms with Crippen LogP contribution in [0.15, 0.2) is 0 Å². The summed E-state index contributed by atoms with van der Waals surface area (Å²) in [4.78, 5) is 11.8. The highest BCUT2D eigenvalue weighted by molar-refractivity contribution is 5.81. The maximum absolute atomic E-state index is 11.8. The van der Waals surface area contributed by atoms with E-state index < -0.39 is 0 Å². The number of methoxy groups -OCH3 is 1. The number of hydrogen-bond acceptors (Lipinski definition) is 2. The molecule has 0 aromatic heterocycles. The molecule has 0 aliphatic heterocycles. The van der Waals surface area contributed by atoms with Crippen LogP contribution in [-0.4, -0.2) is 19.5 Å². The highest BCUT2D eigenvalue weighted by Crippen LogP contribution is 2.33. The number of Topliss-reactive ketones (excluding diaryl/α,β-unsaturated/α-hetero) is 1. The SMILES string of the molecule is CCC1CCCCC1C(=O)CCOC. The van der Waals surface area contributed by atoms with Crippen LogP contribution < -0.4 is 0 Å². The van der Waals surface area contributed by atoms with E-state index >= 15 is 0 Å². The van der Waals surface area contributed by atoms with Crippen LogP contribution in [0.4, 0.5) is 0 Å². The molecule has 1 aliphatic rings.